The average Bonchev–Trinajstić information content (AvgIpc) is 2.51. The molecule has 0 bridgehead atoms. The highest BCUT2D eigenvalue weighted by molar-refractivity contribution is 6.30. The molecule has 0 aliphatic carbocycles. The zero-order valence-electron chi connectivity index (χ0n) is 12.5. The van der Waals surface area contributed by atoms with Gasteiger partial charge >= 0.3 is 0 Å². The molecule has 0 fully saturated rings. The normalized spacial score (nSPS) is 12.4. The molecule has 2 aromatic rings. The van der Waals surface area contributed by atoms with E-state index in [-0.39, 0.29) is 16.9 Å². The summed E-state index contributed by atoms with van der Waals surface area (Å²) in [5.74, 6) is -0.373. The molecule has 3 heteroatoms. The van der Waals surface area contributed by atoms with Crippen molar-refractivity contribution in [2.45, 2.75) is 32.7 Å². The quantitative estimate of drug-likeness (QED) is 0.780. The summed E-state index contributed by atoms with van der Waals surface area (Å²) in [4.78, 5) is 0. The van der Waals surface area contributed by atoms with Gasteiger partial charge in [-0.2, -0.15) is 0 Å². The fourth-order valence-electron chi connectivity index (χ4n) is 2.35. The van der Waals surface area contributed by atoms with Gasteiger partial charge in [0.25, 0.3) is 0 Å². The van der Waals surface area contributed by atoms with Gasteiger partial charge in [-0.05, 0) is 48.2 Å². The van der Waals surface area contributed by atoms with Crippen LogP contribution >= 0.6 is 11.6 Å². The minimum atomic E-state index is -0.373. The first kappa shape index (κ1) is 16.0. The molecule has 0 aliphatic heterocycles. The highest BCUT2D eigenvalue weighted by Crippen LogP contribution is 2.26. The largest absolute Gasteiger partial charge is 0.306 e. The molecule has 0 spiro atoms. The lowest BCUT2D eigenvalue weighted by molar-refractivity contribution is 0.585. The third-order valence-corrected chi connectivity index (χ3v) is 3.90. The van der Waals surface area contributed by atoms with E-state index in [1.807, 2.05) is 6.07 Å². The minimum Gasteiger partial charge on any atom is -0.306 e. The van der Waals surface area contributed by atoms with Gasteiger partial charge in [0.15, 0.2) is 0 Å². The Bertz CT molecular complexity index is 580. The Kier molecular flexibility index (Phi) is 5.77. The Labute approximate surface area is 131 Å². The van der Waals surface area contributed by atoms with Crippen LogP contribution in [0.5, 0.6) is 0 Å². The Morgan fingerprint density at radius 3 is 2.29 bits per heavy atom. The number of nitrogens with one attached hydrogen (secondary N) is 1. The van der Waals surface area contributed by atoms with Crippen LogP contribution in [0.4, 0.5) is 4.39 Å². The first-order chi connectivity index (χ1) is 10.2. The van der Waals surface area contributed by atoms with E-state index in [0.29, 0.717) is 0 Å². The molecule has 1 N–H and O–H groups in total. The van der Waals surface area contributed by atoms with Crippen LogP contribution in [0.3, 0.4) is 0 Å². The Morgan fingerprint density at radius 2 is 1.71 bits per heavy atom. The highest BCUT2D eigenvalue weighted by atomic mass is 35.5. The molecule has 1 nitrogen and oxygen atoms in total. The molecule has 0 saturated heterocycles. The van der Waals surface area contributed by atoms with Gasteiger partial charge in [-0.15, -0.1) is 0 Å². The third-order valence-electron chi connectivity index (χ3n) is 3.60. The van der Waals surface area contributed by atoms with E-state index >= 15 is 0 Å². The van der Waals surface area contributed by atoms with E-state index in [2.05, 4.69) is 43.4 Å². The summed E-state index contributed by atoms with van der Waals surface area (Å²) in [6.45, 7) is 5.13. The van der Waals surface area contributed by atoms with Gasteiger partial charge in [-0.3, -0.25) is 0 Å². The van der Waals surface area contributed by atoms with E-state index in [4.69, 9.17) is 11.6 Å². The van der Waals surface area contributed by atoms with Crippen LogP contribution in [-0.2, 0) is 6.42 Å². The van der Waals surface area contributed by atoms with Crippen molar-refractivity contribution in [1.29, 1.82) is 0 Å². The van der Waals surface area contributed by atoms with Gasteiger partial charge in [-0.1, -0.05) is 55.8 Å². The minimum absolute atomic E-state index is 0.0115. The maximum Gasteiger partial charge on any atom is 0.142 e. The number of halogens is 2. The molecule has 1 unspecified atom stereocenters. The van der Waals surface area contributed by atoms with Crippen LogP contribution in [0.1, 0.15) is 43.0 Å². The highest BCUT2D eigenvalue weighted by Gasteiger charge is 2.15. The van der Waals surface area contributed by atoms with Crippen molar-refractivity contribution in [3.63, 3.8) is 0 Å². The van der Waals surface area contributed by atoms with Gasteiger partial charge in [0, 0.05) is 0 Å². The Hall–Kier alpha value is -1.38. The Balaban J connectivity index is 2.33. The molecule has 21 heavy (non-hydrogen) atoms. The number of aryl methyl sites for hydroxylation is 1. The number of hydrogen-bond acceptors (Lipinski definition) is 1. The molecule has 1 atom stereocenters. The van der Waals surface area contributed by atoms with Crippen LogP contribution in [-0.4, -0.2) is 6.54 Å². The number of benzene rings is 2. The second kappa shape index (κ2) is 7.58. The maximum absolute atomic E-state index is 13.7. The molecule has 2 rings (SSSR count). The van der Waals surface area contributed by atoms with Crippen molar-refractivity contribution in [2.75, 3.05) is 6.54 Å². The van der Waals surface area contributed by atoms with Gasteiger partial charge in [0.2, 0.25) is 0 Å². The molecule has 112 valence electrons. The van der Waals surface area contributed by atoms with E-state index in [0.717, 1.165) is 30.5 Å². The second-order valence-electron chi connectivity index (χ2n) is 5.16. The fourth-order valence-corrected chi connectivity index (χ4v) is 2.47. The van der Waals surface area contributed by atoms with Gasteiger partial charge in [0.1, 0.15) is 5.82 Å². The van der Waals surface area contributed by atoms with Crippen LogP contribution in [0.2, 0.25) is 5.02 Å². The first-order valence-electron chi connectivity index (χ1n) is 7.42. The average molecular weight is 306 g/mol. The van der Waals surface area contributed by atoms with Crippen molar-refractivity contribution in [3.8, 4) is 0 Å². The third kappa shape index (κ3) is 4.05. The van der Waals surface area contributed by atoms with Crippen LogP contribution in [0, 0.1) is 5.82 Å². The van der Waals surface area contributed by atoms with Crippen LogP contribution in [0.15, 0.2) is 42.5 Å². The molecule has 0 radical (unpaired) electrons. The predicted molar refractivity (Wildman–Crippen MR) is 87.4 cm³/mol. The number of hydrogen-bond donors (Lipinski definition) is 1. The molecular formula is C18H21ClFN. The smallest absolute Gasteiger partial charge is 0.142 e. The second-order valence-corrected chi connectivity index (χ2v) is 5.56. The summed E-state index contributed by atoms with van der Waals surface area (Å²) < 4.78 is 13.7. The SMILES string of the molecule is CCCNC(c1ccc(CC)cc1)c1ccc(Cl)c(F)c1. The number of rotatable bonds is 6. The van der Waals surface area contributed by atoms with Gasteiger partial charge < -0.3 is 5.32 Å². The molecule has 0 amide bonds. The lowest BCUT2D eigenvalue weighted by atomic mass is 9.97. The van der Waals surface area contributed by atoms with Crippen molar-refractivity contribution < 1.29 is 4.39 Å². The summed E-state index contributed by atoms with van der Waals surface area (Å²) in [5, 5.41) is 3.64. The molecule has 0 aliphatic rings. The van der Waals surface area contributed by atoms with Crippen LogP contribution in [0.25, 0.3) is 0 Å². The van der Waals surface area contributed by atoms with E-state index in [1.54, 1.807) is 6.07 Å². The van der Waals surface area contributed by atoms with Gasteiger partial charge in [-0.25, -0.2) is 4.39 Å². The van der Waals surface area contributed by atoms with Crippen molar-refractivity contribution in [2.24, 2.45) is 0 Å². The fraction of sp³-hybridized carbons (Fsp3) is 0.333. The van der Waals surface area contributed by atoms with Gasteiger partial charge in [0.05, 0.1) is 11.1 Å². The zero-order valence-corrected chi connectivity index (χ0v) is 13.3. The summed E-state index contributed by atoms with van der Waals surface area (Å²) in [5.41, 5.74) is 3.34. The summed E-state index contributed by atoms with van der Waals surface area (Å²) in [6, 6.07) is 13.5. The summed E-state index contributed by atoms with van der Waals surface area (Å²) in [6.07, 6.45) is 2.04. The maximum atomic E-state index is 13.7. The van der Waals surface area contributed by atoms with Crippen LogP contribution < -0.4 is 5.32 Å². The molecule has 2 aromatic carbocycles. The lowest BCUT2D eigenvalue weighted by Crippen LogP contribution is -2.23. The molecule has 0 heterocycles. The van der Waals surface area contributed by atoms with E-state index < -0.39 is 0 Å². The predicted octanol–water partition coefficient (Wildman–Crippen LogP) is 5.13. The summed E-state index contributed by atoms with van der Waals surface area (Å²) >= 11 is 5.78. The monoisotopic (exact) mass is 305 g/mol. The van der Waals surface area contributed by atoms with E-state index in [1.165, 1.54) is 11.6 Å². The van der Waals surface area contributed by atoms with Crippen molar-refractivity contribution in [3.05, 3.63) is 70.0 Å². The first-order valence-corrected chi connectivity index (χ1v) is 7.80. The lowest BCUT2D eigenvalue weighted by Gasteiger charge is -2.20. The van der Waals surface area contributed by atoms with Crippen molar-refractivity contribution in [1.82, 2.24) is 5.32 Å². The molecular weight excluding hydrogens is 285 g/mol. The summed E-state index contributed by atoms with van der Waals surface area (Å²) in [7, 11) is 0. The molecule has 0 aromatic heterocycles. The standard InChI is InChI=1S/C18H21ClFN/c1-3-11-21-18(14-7-5-13(4-2)6-8-14)15-9-10-16(19)17(20)12-15/h5-10,12,18,21H,3-4,11H2,1-2H3. The van der Waals surface area contributed by atoms with E-state index in [9.17, 15) is 4.39 Å². The topological polar surface area (TPSA) is 12.0 Å². The van der Waals surface area contributed by atoms with Crippen molar-refractivity contribution >= 4 is 11.6 Å². The zero-order chi connectivity index (χ0) is 15.2. The Morgan fingerprint density at radius 1 is 1.05 bits per heavy atom. The molecule has 0 saturated carbocycles.